The van der Waals surface area contributed by atoms with Gasteiger partial charge in [-0.05, 0) is 82.2 Å². The number of nitrogens with one attached hydrogen (secondary N) is 2. The predicted molar refractivity (Wildman–Crippen MR) is 142 cm³/mol. The Hall–Kier alpha value is -3.06. The van der Waals surface area contributed by atoms with Crippen molar-refractivity contribution in [2.45, 2.75) is 58.0 Å². The van der Waals surface area contributed by atoms with Gasteiger partial charge in [0.25, 0.3) is 5.91 Å². The fraction of sp³-hybridized carbons (Fsp3) is 0.464. The minimum absolute atomic E-state index is 0.00973. The van der Waals surface area contributed by atoms with Crippen molar-refractivity contribution in [3.8, 4) is 0 Å². The molecule has 2 aliphatic rings. The second kappa shape index (κ2) is 11.8. The van der Waals surface area contributed by atoms with Gasteiger partial charge in [-0.2, -0.15) is 0 Å². The van der Waals surface area contributed by atoms with Crippen LogP contribution in [0.5, 0.6) is 0 Å². The van der Waals surface area contributed by atoms with Crippen molar-refractivity contribution in [3.05, 3.63) is 64.7 Å². The Balaban J connectivity index is 1.44. The van der Waals surface area contributed by atoms with Crippen LogP contribution in [-0.4, -0.2) is 59.4 Å². The van der Waals surface area contributed by atoms with E-state index in [0.717, 1.165) is 31.4 Å². The van der Waals surface area contributed by atoms with Crippen LogP contribution in [0.3, 0.4) is 0 Å². The van der Waals surface area contributed by atoms with Gasteiger partial charge in [0.15, 0.2) is 0 Å². The zero-order valence-corrected chi connectivity index (χ0v) is 21.8. The molecule has 2 aliphatic heterocycles. The van der Waals surface area contributed by atoms with E-state index in [9.17, 15) is 14.4 Å². The summed E-state index contributed by atoms with van der Waals surface area (Å²) in [6.07, 6.45) is 4.35. The van der Waals surface area contributed by atoms with Gasteiger partial charge >= 0.3 is 6.03 Å². The van der Waals surface area contributed by atoms with E-state index < -0.39 is 6.04 Å². The molecule has 2 fully saturated rings. The molecule has 2 heterocycles. The Bertz CT molecular complexity index is 1080. The highest BCUT2D eigenvalue weighted by Crippen LogP contribution is 2.26. The third-order valence-corrected chi connectivity index (χ3v) is 7.56. The second-order valence-electron chi connectivity index (χ2n) is 9.96. The first-order valence-corrected chi connectivity index (χ1v) is 13.2. The minimum Gasteiger partial charge on any atom is -0.340 e. The molecule has 4 rings (SSSR count). The van der Waals surface area contributed by atoms with Crippen LogP contribution < -0.4 is 10.6 Å². The molecule has 0 aliphatic carbocycles. The maximum atomic E-state index is 13.7. The lowest BCUT2D eigenvalue weighted by Gasteiger charge is -2.40. The summed E-state index contributed by atoms with van der Waals surface area (Å²) in [6.45, 7) is 5.80. The monoisotopic (exact) mass is 510 g/mol. The highest BCUT2D eigenvalue weighted by Gasteiger charge is 2.38. The van der Waals surface area contributed by atoms with Gasteiger partial charge in [-0.15, -0.1) is 0 Å². The highest BCUT2D eigenvalue weighted by atomic mass is 35.5. The van der Waals surface area contributed by atoms with E-state index in [0.29, 0.717) is 42.2 Å². The molecule has 4 amide bonds. The molecule has 2 aromatic carbocycles. The minimum atomic E-state index is -0.613. The molecule has 0 spiro atoms. The average Bonchev–Trinajstić information content (AvgIpc) is 2.87. The molecular formula is C28H35ClN4O3. The molecule has 0 aromatic heterocycles. The van der Waals surface area contributed by atoms with Gasteiger partial charge in [-0.1, -0.05) is 35.4 Å². The lowest BCUT2D eigenvalue weighted by molar-refractivity contribution is -0.138. The van der Waals surface area contributed by atoms with Crippen LogP contribution in [0.25, 0.3) is 0 Å². The van der Waals surface area contributed by atoms with Crippen molar-refractivity contribution in [3.63, 3.8) is 0 Å². The van der Waals surface area contributed by atoms with Crippen LogP contribution >= 0.6 is 11.6 Å². The molecule has 2 N–H and O–H groups in total. The summed E-state index contributed by atoms with van der Waals surface area (Å²) < 4.78 is 0. The van der Waals surface area contributed by atoms with Crippen molar-refractivity contribution in [1.82, 2.24) is 15.1 Å². The number of likely N-dealkylation sites (tertiary alicyclic amines) is 2. The number of piperidine rings is 2. The summed E-state index contributed by atoms with van der Waals surface area (Å²) in [5, 5.41) is 6.52. The summed E-state index contributed by atoms with van der Waals surface area (Å²) in [5.41, 5.74) is 2.26. The standard InChI is InChI=1S/C28H35ClN4O3/c1-19-9-11-22(12-10-19)26(34)31-25(27(35)33-15-4-3-6-20(33)2)21-13-16-32(17-14-21)28(36)30-24-8-5-7-23(29)18-24/h5,7-12,18,20-21,25H,3-4,6,13-17H2,1-2H3,(H,30,36)(H,31,34)/t20-,25+/m1/s1. The van der Waals surface area contributed by atoms with Gasteiger partial charge in [0.1, 0.15) is 6.04 Å². The van der Waals surface area contributed by atoms with Crippen LogP contribution in [-0.2, 0) is 4.79 Å². The van der Waals surface area contributed by atoms with Crippen LogP contribution in [0.1, 0.15) is 54.9 Å². The number of rotatable bonds is 5. The third kappa shape index (κ3) is 6.38. The number of benzene rings is 2. The van der Waals surface area contributed by atoms with E-state index in [2.05, 4.69) is 17.6 Å². The maximum Gasteiger partial charge on any atom is 0.321 e. The van der Waals surface area contributed by atoms with Gasteiger partial charge in [-0.25, -0.2) is 4.79 Å². The largest absolute Gasteiger partial charge is 0.340 e. The number of urea groups is 1. The van der Waals surface area contributed by atoms with E-state index >= 15 is 0 Å². The fourth-order valence-electron chi connectivity index (χ4n) is 5.12. The Morgan fingerprint density at radius 3 is 2.36 bits per heavy atom. The van der Waals surface area contributed by atoms with E-state index in [-0.39, 0.29) is 29.8 Å². The SMILES string of the molecule is Cc1ccc(C(=O)N[C@H](C(=O)N2CCCC[C@H]2C)C2CCN(C(=O)Nc3cccc(Cl)c3)CC2)cc1. The number of carbonyl (C=O) groups is 3. The molecule has 0 unspecified atom stereocenters. The first kappa shape index (κ1) is 26.0. The number of carbonyl (C=O) groups excluding carboxylic acids is 3. The third-order valence-electron chi connectivity index (χ3n) is 7.33. The lowest BCUT2D eigenvalue weighted by Crippen LogP contribution is -2.57. The Morgan fingerprint density at radius 2 is 1.69 bits per heavy atom. The molecule has 2 saturated heterocycles. The molecule has 2 aromatic rings. The summed E-state index contributed by atoms with van der Waals surface area (Å²) in [7, 11) is 0. The fourth-order valence-corrected chi connectivity index (χ4v) is 5.31. The van der Waals surface area contributed by atoms with Gasteiger partial charge in [0, 0.05) is 41.9 Å². The number of hydrogen-bond donors (Lipinski definition) is 2. The number of aryl methyl sites for hydroxylation is 1. The number of halogens is 1. The predicted octanol–water partition coefficient (Wildman–Crippen LogP) is 5.09. The first-order chi connectivity index (χ1) is 17.3. The summed E-state index contributed by atoms with van der Waals surface area (Å²) >= 11 is 6.03. The summed E-state index contributed by atoms with van der Waals surface area (Å²) in [5.74, 6) is -0.292. The second-order valence-corrected chi connectivity index (χ2v) is 10.4. The molecule has 0 saturated carbocycles. The highest BCUT2D eigenvalue weighted by molar-refractivity contribution is 6.30. The number of hydrogen-bond acceptors (Lipinski definition) is 3. The van der Waals surface area contributed by atoms with E-state index in [4.69, 9.17) is 11.6 Å². The van der Waals surface area contributed by atoms with E-state index in [1.807, 2.05) is 24.0 Å². The van der Waals surface area contributed by atoms with Crippen molar-refractivity contribution in [1.29, 1.82) is 0 Å². The normalized spacial score (nSPS) is 19.5. The maximum absolute atomic E-state index is 13.7. The Kier molecular flexibility index (Phi) is 8.52. The summed E-state index contributed by atoms with van der Waals surface area (Å²) in [6, 6.07) is 13.8. The quantitative estimate of drug-likeness (QED) is 0.587. The van der Waals surface area contributed by atoms with Crippen molar-refractivity contribution in [2.24, 2.45) is 5.92 Å². The van der Waals surface area contributed by atoms with Crippen LogP contribution in [0.2, 0.25) is 5.02 Å². The van der Waals surface area contributed by atoms with E-state index in [1.54, 1.807) is 41.3 Å². The molecule has 192 valence electrons. The van der Waals surface area contributed by atoms with Gasteiger partial charge < -0.3 is 20.4 Å². The lowest BCUT2D eigenvalue weighted by atomic mass is 9.87. The number of nitrogens with zero attached hydrogens (tertiary/aromatic N) is 2. The molecule has 8 heteroatoms. The van der Waals surface area contributed by atoms with Crippen LogP contribution in [0.4, 0.5) is 10.5 Å². The zero-order chi connectivity index (χ0) is 25.7. The van der Waals surface area contributed by atoms with Crippen molar-refractivity contribution >= 4 is 35.1 Å². The van der Waals surface area contributed by atoms with Gasteiger partial charge in [-0.3, -0.25) is 9.59 Å². The van der Waals surface area contributed by atoms with Crippen molar-refractivity contribution < 1.29 is 14.4 Å². The smallest absolute Gasteiger partial charge is 0.321 e. The Labute approximate surface area is 218 Å². The summed E-state index contributed by atoms with van der Waals surface area (Å²) in [4.78, 5) is 43.3. The zero-order valence-electron chi connectivity index (χ0n) is 21.0. The molecule has 36 heavy (non-hydrogen) atoms. The van der Waals surface area contributed by atoms with Gasteiger partial charge in [0.2, 0.25) is 5.91 Å². The topological polar surface area (TPSA) is 81.8 Å². The van der Waals surface area contributed by atoms with Crippen molar-refractivity contribution in [2.75, 3.05) is 25.0 Å². The van der Waals surface area contributed by atoms with Crippen LogP contribution in [0.15, 0.2) is 48.5 Å². The Morgan fingerprint density at radius 1 is 0.972 bits per heavy atom. The van der Waals surface area contributed by atoms with E-state index in [1.165, 1.54) is 0 Å². The molecule has 0 bridgehead atoms. The molecule has 2 atom stereocenters. The molecule has 0 radical (unpaired) electrons. The number of anilines is 1. The molecule has 7 nitrogen and oxygen atoms in total. The first-order valence-electron chi connectivity index (χ1n) is 12.8. The number of amides is 4. The van der Waals surface area contributed by atoms with Gasteiger partial charge in [0.05, 0.1) is 0 Å². The molecular weight excluding hydrogens is 476 g/mol. The average molecular weight is 511 g/mol. The van der Waals surface area contributed by atoms with Crippen LogP contribution in [0, 0.1) is 12.8 Å².